The van der Waals surface area contributed by atoms with E-state index in [0.717, 1.165) is 22.3 Å². The Kier molecular flexibility index (Phi) is 2.80. The van der Waals surface area contributed by atoms with E-state index in [1.165, 1.54) is 11.6 Å². The molecule has 88 valence electrons. The van der Waals surface area contributed by atoms with Crippen LogP contribution in [-0.2, 0) is 0 Å². The van der Waals surface area contributed by atoms with Crippen LogP contribution >= 0.6 is 0 Å². The summed E-state index contributed by atoms with van der Waals surface area (Å²) in [5, 5.41) is 19.2. The molecule has 0 aromatic heterocycles. The highest BCUT2D eigenvalue weighted by molar-refractivity contribution is 5.76. The molecular formula is C15H16O2. The van der Waals surface area contributed by atoms with Gasteiger partial charge in [-0.25, -0.2) is 0 Å². The summed E-state index contributed by atoms with van der Waals surface area (Å²) in [6, 6.07) is 8.89. The zero-order chi connectivity index (χ0) is 12.6. The monoisotopic (exact) mass is 228 g/mol. The van der Waals surface area contributed by atoms with Crippen LogP contribution in [0.25, 0.3) is 11.1 Å². The van der Waals surface area contributed by atoms with Crippen LogP contribution in [0.5, 0.6) is 11.5 Å². The topological polar surface area (TPSA) is 40.5 Å². The average molecular weight is 228 g/mol. The molecule has 0 unspecified atom stereocenters. The summed E-state index contributed by atoms with van der Waals surface area (Å²) < 4.78 is 0. The summed E-state index contributed by atoms with van der Waals surface area (Å²) in [6.07, 6.45) is 0. The highest BCUT2D eigenvalue weighted by Crippen LogP contribution is 2.36. The Bertz CT molecular complexity index is 548. The number of aryl methyl sites for hydroxylation is 3. The normalized spacial score (nSPS) is 10.5. The Hall–Kier alpha value is -1.96. The molecular weight excluding hydrogens is 212 g/mol. The minimum Gasteiger partial charge on any atom is -0.508 e. The van der Waals surface area contributed by atoms with Gasteiger partial charge >= 0.3 is 0 Å². The summed E-state index contributed by atoms with van der Waals surface area (Å²) in [5.74, 6) is 0.189. The van der Waals surface area contributed by atoms with E-state index >= 15 is 0 Å². The minimum atomic E-state index is 0.0775. The van der Waals surface area contributed by atoms with E-state index in [1.807, 2.05) is 13.8 Å². The lowest BCUT2D eigenvalue weighted by molar-refractivity contribution is 0.452. The van der Waals surface area contributed by atoms with Crippen molar-refractivity contribution in [1.82, 2.24) is 0 Å². The highest BCUT2D eigenvalue weighted by atomic mass is 16.3. The smallest absolute Gasteiger partial charge is 0.127 e. The lowest BCUT2D eigenvalue weighted by Crippen LogP contribution is -1.90. The maximum Gasteiger partial charge on any atom is 0.127 e. The van der Waals surface area contributed by atoms with Crippen molar-refractivity contribution in [2.24, 2.45) is 0 Å². The van der Waals surface area contributed by atoms with Gasteiger partial charge in [0.15, 0.2) is 0 Å². The predicted octanol–water partition coefficient (Wildman–Crippen LogP) is 3.69. The van der Waals surface area contributed by atoms with Crippen LogP contribution in [0.1, 0.15) is 16.7 Å². The molecule has 0 aliphatic heterocycles. The van der Waals surface area contributed by atoms with Gasteiger partial charge in [0, 0.05) is 11.6 Å². The summed E-state index contributed by atoms with van der Waals surface area (Å²) in [7, 11) is 0. The van der Waals surface area contributed by atoms with E-state index in [9.17, 15) is 10.2 Å². The fourth-order valence-corrected chi connectivity index (χ4v) is 2.34. The van der Waals surface area contributed by atoms with Gasteiger partial charge in [0.1, 0.15) is 11.5 Å². The number of hydrogen-bond acceptors (Lipinski definition) is 2. The molecule has 0 bridgehead atoms. The number of aromatic hydroxyl groups is 2. The molecule has 2 aromatic carbocycles. The molecule has 0 saturated heterocycles. The van der Waals surface area contributed by atoms with Gasteiger partial charge in [0.25, 0.3) is 0 Å². The Morgan fingerprint density at radius 2 is 1.41 bits per heavy atom. The first kappa shape index (κ1) is 11.5. The number of rotatable bonds is 1. The van der Waals surface area contributed by atoms with Crippen LogP contribution in [-0.4, -0.2) is 10.2 Å². The largest absolute Gasteiger partial charge is 0.508 e. The summed E-state index contributed by atoms with van der Waals surface area (Å²) in [4.78, 5) is 0. The molecule has 0 heterocycles. The Balaban J connectivity index is 2.68. The van der Waals surface area contributed by atoms with E-state index in [0.29, 0.717) is 0 Å². The van der Waals surface area contributed by atoms with Gasteiger partial charge in [-0.3, -0.25) is 0 Å². The van der Waals surface area contributed by atoms with Crippen LogP contribution < -0.4 is 0 Å². The molecule has 0 spiro atoms. The van der Waals surface area contributed by atoms with Gasteiger partial charge in [0.2, 0.25) is 0 Å². The van der Waals surface area contributed by atoms with Gasteiger partial charge in [-0.2, -0.15) is 0 Å². The van der Waals surface area contributed by atoms with Gasteiger partial charge in [-0.1, -0.05) is 17.7 Å². The Morgan fingerprint density at radius 1 is 0.824 bits per heavy atom. The van der Waals surface area contributed by atoms with Crippen LogP contribution in [0.4, 0.5) is 0 Å². The zero-order valence-corrected chi connectivity index (χ0v) is 10.3. The molecule has 0 aliphatic rings. The van der Waals surface area contributed by atoms with Crippen molar-refractivity contribution in [3.8, 4) is 22.6 Å². The summed E-state index contributed by atoms with van der Waals surface area (Å²) >= 11 is 0. The van der Waals surface area contributed by atoms with Gasteiger partial charge in [0.05, 0.1) is 0 Å². The fourth-order valence-electron chi connectivity index (χ4n) is 2.34. The van der Waals surface area contributed by atoms with Crippen molar-refractivity contribution in [2.45, 2.75) is 20.8 Å². The van der Waals surface area contributed by atoms with Crippen molar-refractivity contribution in [3.05, 3.63) is 47.0 Å². The molecule has 0 fully saturated rings. The van der Waals surface area contributed by atoms with Crippen LogP contribution in [0.3, 0.4) is 0 Å². The van der Waals surface area contributed by atoms with Crippen molar-refractivity contribution < 1.29 is 10.2 Å². The molecule has 2 heteroatoms. The van der Waals surface area contributed by atoms with Crippen LogP contribution in [0.15, 0.2) is 30.3 Å². The number of phenols is 2. The molecule has 2 nitrogen and oxygen atoms in total. The summed E-state index contributed by atoms with van der Waals surface area (Å²) in [5.41, 5.74) is 5.26. The Labute approximate surface area is 101 Å². The first-order valence-corrected chi connectivity index (χ1v) is 5.59. The molecule has 0 saturated carbocycles. The van der Waals surface area contributed by atoms with E-state index < -0.39 is 0 Å². The molecule has 0 aliphatic carbocycles. The third-order valence-electron chi connectivity index (χ3n) is 2.93. The standard InChI is InChI=1S/C15H16O2/c1-9-6-10(2)15(11(3)7-9)13-5-4-12(16)8-14(13)17/h4-8,16-17H,1-3H3. The van der Waals surface area contributed by atoms with E-state index in [1.54, 1.807) is 12.1 Å². The molecule has 0 radical (unpaired) electrons. The Morgan fingerprint density at radius 3 is 1.94 bits per heavy atom. The lowest BCUT2D eigenvalue weighted by atomic mass is 9.93. The third-order valence-corrected chi connectivity index (χ3v) is 2.93. The number of hydrogen-bond donors (Lipinski definition) is 2. The fraction of sp³-hybridized carbons (Fsp3) is 0.200. The quantitative estimate of drug-likeness (QED) is 0.781. The average Bonchev–Trinajstić information content (AvgIpc) is 2.19. The number of benzene rings is 2. The predicted molar refractivity (Wildman–Crippen MR) is 69.4 cm³/mol. The molecule has 2 N–H and O–H groups in total. The van der Waals surface area contributed by atoms with Crippen molar-refractivity contribution in [2.75, 3.05) is 0 Å². The SMILES string of the molecule is Cc1cc(C)c(-c2ccc(O)cc2O)c(C)c1. The maximum absolute atomic E-state index is 9.90. The van der Waals surface area contributed by atoms with Gasteiger partial charge in [-0.15, -0.1) is 0 Å². The van der Waals surface area contributed by atoms with Crippen molar-refractivity contribution in [3.63, 3.8) is 0 Å². The first-order valence-electron chi connectivity index (χ1n) is 5.59. The highest BCUT2D eigenvalue weighted by Gasteiger charge is 2.11. The third kappa shape index (κ3) is 2.11. The second kappa shape index (κ2) is 4.13. The maximum atomic E-state index is 9.90. The van der Waals surface area contributed by atoms with Crippen molar-refractivity contribution in [1.29, 1.82) is 0 Å². The summed E-state index contributed by atoms with van der Waals surface area (Å²) in [6.45, 7) is 6.11. The molecule has 2 rings (SSSR count). The zero-order valence-electron chi connectivity index (χ0n) is 10.3. The lowest BCUT2D eigenvalue weighted by Gasteiger charge is -2.13. The number of phenolic OH excluding ortho intramolecular Hbond substituents is 2. The van der Waals surface area contributed by atoms with Crippen molar-refractivity contribution >= 4 is 0 Å². The van der Waals surface area contributed by atoms with Gasteiger partial charge < -0.3 is 10.2 Å². The second-order valence-corrected chi connectivity index (χ2v) is 4.48. The van der Waals surface area contributed by atoms with Crippen LogP contribution in [0.2, 0.25) is 0 Å². The van der Waals surface area contributed by atoms with E-state index in [-0.39, 0.29) is 11.5 Å². The van der Waals surface area contributed by atoms with E-state index in [4.69, 9.17) is 0 Å². The van der Waals surface area contributed by atoms with Gasteiger partial charge in [-0.05, 0) is 49.6 Å². The molecule has 0 amide bonds. The molecule has 17 heavy (non-hydrogen) atoms. The first-order chi connectivity index (χ1) is 7.99. The minimum absolute atomic E-state index is 0.0775. The van der Waals surface area contributed by atoms with E-state index in [2.05, 4.69) is 19.1 Å². The molecule has 0 atom stereocenters. The molecule has 2 aromatic rings. The van der Waals surface area contributed by atoms with Crippen LogP contribution in [0, 0.1) is 20.8 Å². The second-order valence-electron chi connectivity index (χ2n) is 4.48.